The molecule has 1 rings (SSSR count). The van der Waals surface area contributed by atoms with Gasteiger partial charge in [-0.05, 0) is 22.9 Å². The molecule has 8 heteroatoms. The average molecular weight is 313 g/mol. The van der Waals surface area contributed by atoms with Crippen molar-refractivity contribution in [3.63, 3.8) is 0 Å². The molecular formula is C8H13BrN2O4S. The molecule has 0 bridgehead atoms. The number of aryl methyl sites for hydroxylation is 1. The number of hydrogen-bond acceptors (Lipinski definition) is 5. The Bertz CT molecular complexity index is 457. The van der Waals surface area contributed by atoms with Crippen LogP contribution in [0, 0.1) is 6.92 Å². The van der Waals surface area contributed by atoms with Crippen LogP contribution in [-0.4, -0.2) is 42.4 Å². The molecule has 92 valence electrons. The van der Waals surface area contributed by atoms with Crippen molar-refractivity contribution in [2.24, 2.45) is 0 Å². The fraction of sp³-hybridized carbons (Fsp3) is 0.625. The van der Waals surface area contributed by atoms with Gasteiger partial charge < -0.3 is 9.63 Å². The third-order valence-electron chi connectivity index (χ3n) is 2.05. The molecule has 1 aromatic heterocycles. The van der Waals surface area contributed by atoms with Crippen molar-refractivity contribution in [1.82, 2.24) is 9.46 Å². The lowest BCUT2D eigenvalue weighted by molar-refractivity contribution is 0.311. The number of nitrogens with zero attached hydrogens (tertiary/aromatic N) is 2. The highest BCUT2D eigenvalue weighted by Crippen LogP contribution is 2.22. The highest BCUT2D eigenvalue weighted by molar-refractivity contribution is 9.10. The van der Waals surface area contributed by atoms with Crippen LogP contribution in [-0.2, 0) is 16.6 Å². The Balaban J connectivity index is 2.79. The minimum absolute atomic E-state index is 0.0871. The molecule has 0 spiro atoms. The number of sulfonamides is 1. The summed E-state index contributed by atoms with van der Waals surface area (Å²) in [6, 6.07) is 0. The second-order valence-corrected chi connectivity index (χ2v) is 6.29. The third-order valence-corrected chi connectivity index (χ3v) is 4.84. The number of aromatic nitrogens is 1. The lowest BCUT2D eigenvalue weighted by Crippen LogP contribution is -2.30. The molecular weight excluding hydrogens is 300 g/mol. The summed E-state index contributed by atoms with van der Waals surface area (Å²) in [5.41, 5.74) is 0.669. The van der Waals surface area contributed by atoms with Gasteiger partial charge in [0, 0.05) is 7.05 Å². The number of halogens is 1. The topological polar surface area (TPSA) is 83.6 Å². The fourth-order valence-electron chi connectivity index (χ4n) is 1.08. The van der Waals surface area contributed by atoms with E-state index >= 15 is 0 Å². The van der Waals surface area contributed by atoms with Gasteiger partial charge in [-0.3, -0.25) is 0 Å². The molecule has 0 unspecified atom stereocenters. The van der Waals surface area contributed by atoms with E-state index in [9.17, 15) is 8.42 Å². The Morgan fingerprint density at radius 3 is 2.62 bits per heavy atom. The van der Waals surface area contributed by atoms with Crippen LogP contribution in [0.5, 0.6) is 0 Å². The van der Waals surface area contributed by atoms with Gasteiger partial charge in [-0.1, -0.05) is 5.16 Å². The van der Waals surface area contributed by atoms with E-state index in [1.165, 1.54) is 7.05 Å². The van der Waals surface area contributed by atoms with E-state index in [2.05, 4.69) is 21.1 Å². The molecule has 0 amide bonds. The highest BCUT2D eigenvalue weighted by Gasteiger charge is 2.21. The van der Waals surface area contributed by atoms with E-state index in [1.54, 1.807) is 6.92 Å². The molecule has 0 aliphatic carbocycles. The lowest BCUT2D eigenvalue weighted by Gasteiger charge is -2.14. The summed E-state index contributed by atoms with van der Waals surface area (Å²) in [4.78, 5) is 0. The minimum Gasteiger partial charge on any atom is -0.395 e. The summed E-state index contributed by atoms with van der Waals surface area (Å²) >= 11 is 3.26. The first-order valence-electron chi connectivity index (χ1n) is 4.54. The van der Waals surface area contributed by atoms with Gasteiger partial charge in [0.2, 0.25) is 10.0 Å². The van der Waals surface area contributed by atoms with E-state index in [0.29, 0.717) is 15.9 Å². The molecule has 0 saturated carbocycles. The van der Waals surface area contributed by atoms with Crippen LogP contribution in [0.1, 0.15) is 11.5 Å². The Morgan fingerprint density at radius 2 is 2.19 bits per heavy atom. The summed E-state index contributed by atoms with van der Waals surface area (Å²) in [6.45, 7) is 1.44. The molecule has 0 fully saturated rings. The molecule has 0 radical (unpaired) electrons. The van der Waals surface area contributed by atoms with Crippen LogP contribution >= 0.6 is 15.9 Å². The van der Waals surface area contributed by atoms with Gasteiger partial charge in [0.25, 0.3) is 0 Å². The van der Waals surface area contributed by atoms with Crippen LogP contribution in [0.3, 0.4) is 0 Å². The smallest absolute Gasteiger partial charge is 0.216 e. The van der Waals surface area contributed by atoms with Crippen LogP contribution in [0.4, 0.5) is 0 Å². The quantitative estimate of drug-likeness (QED) is 0.856. The number of hydrogen-bond donors (Lipinski definition) is 1. The number of aliphatic hydroxyl groups is 1. The van der Waals surface area contributed by atoms with Crippen molar-refractivity contribution < 1.29 is 18.0 Å². The van der Waals surface area contributed by atoms with E-state index < -0.39 is 16.6 Å². The predicted octanol–water partition coefficient (Wildman–Crippen LogP) is 0.499. The van der Waals surface area contributed by atoms with Gasteiger partial charge in [0.05, 0.1) is 29.1 Å². The SMILES string of the molecule is Cc1noc(CN(C)S(=O)(=O)CCO)c1Br. The van der Waals surface area contributed by atoms with E-state index in [4.69, 9.17) is 9.63 Å². The van der Waals surface area contributed by atoms with Gasteiger partial charge >= 0.3 is 0 Å². The largest absolute Gasteiger partial charge is 0.395 e. The first-order chi connectivity index (χ1) is 7.38. The van der Waals surface area contributed by atoms with Crippen LogP contribution in [0.15, 0.2) is 9.00 Å². The Labute approximate surface area is 102 Å². The first kappa shape index (κ1) is 13.6. The standard InChI is InChI=1S/C8H13BrN2O4S/c1-6-8(9)7(15-10-6)5-11(2)16(13,14)4-3-12/h12H,3-5H2,1-2H3. The molecule has 0 atom stereocenters. The fourth-order valence-corrected chi connectivity index (χ4v) is 2.20. The molecule has 0 aliphatic rings. The number of rotatable bonds is 5. The summed E-state index contributed by atoms with van der Waals surface area (Å²) < 4.78 is 29.8. The second-order valence-electron chi connectivity index (χ2n) is 3.30. The third kappa shape index (κ3) is 3.03. The summed E-state index contributed by atoms with van der Waals surface area (Å²) in [5, 5.41) is 12.3. The van der Waals surface area contributed by atoms with Crippen molar-refractivity contribution in [2.45, 2.75) is 13.5 Å². The summed E-state index contributed by atoms with van der Waals surface area (Å²) in [6.07, 6.45) is 0. The Kier molecular flexibility index (Phi) is 4.48. The van der Waals surface area contributed by atoms with Crippen LogP contribution in [0.2, 0.25) is 0 Å². The summed E-state index contributed by atoms with van der Waals surface area (Å²) in [5.74, 6) is 0.148. The van der Waals surface area contributed by atoms with Gasteiger partial charge in [-0.15, -0.1) is 0 Å². The van der Waals surface area contributed by atoms with Crippen molar-refractivity contribution in [3.8, 4) is 0 Å². The average Bonchev–Trinajstić information content (AvgIpc) is 2.49. The van der Waals surface area contributed by atoms with Crippen molar-refractivity contribution in [3.05, 3.63) is 15.9 Å². The van der Waals surface area contributed by atoms with Gasteiger partial charge in [0.15, 0.2) is 5.76 Å². The molecule has 0 aromatic carbocycles. The maximum absolute atomic E-state index is 11.5. The molecule has 0 aliphatic heterocycles. The van der Waals surface area contributed by atoms with Gasteiger partial charge in [-0.2, -0.15) is 4.31 Å². The molecule has 6 nitrogen and oxygen atoms in total. The van der Waals surface area contributed by atoms with Crippen molar-refractivity contribution >= 4 is 26.0 Å². The zero-order valence-corrected chi connectivity index (χ0v) is 11.4. The zero-order chi connectivity index (χ0) is 12.3. The van der Waals surface area contributed by atoms with Gasteiger partial charge in [-0.25, -0.2) is 8.42 Å². The maximum atomic E-state index is 11.5. The molecule has 16 heavy (non-hydrogen) atoms. The Morgan fingerprint density at radius 1 is 1.56 bits per heavy atom. The maximum Gasteiger partial charge on any atom is 0.216 e. The van der Waals surface area contributed by atoms with Crippen molar-refractivity contribution in [1.29, 1.82) is 0 Å². The van der Waals surface area contributed by atoms with E-state index in [1.807, 2.05) is 0 Å². The van der Waals surface area contributed by atoms with Crippen molar-refractivity contribution in [2.75, 3.05) is 19.4 Å². The first-order valence-corrected chi connectivity index (χ1v) is 6.94. The zero-order valence-electron chi connectivity index (χ0n) is 8.97. The molecule has 1 aromatic rings. The molecule has 1 N–H and O–H groups in total. The van der Waals surface area contributed by atoms with Crippen LogP contribution < -0.4 is 0 Å². The monoisotopic (exact) mass is 312 g/mol. The van der Waals surface area contributed by atoms with E-state index in [0.717, 1.165) is 4.31 Å². The second kappa shape index (κ2) is 5.26. The summed E-state index contributed by atoms with van der Waals surface area (Å²) in [7, 11) is -2.02. The van der Waals surface area contributed by atoms with Crippen LogP contribution in [0.25, 0.3) is 0 Å². The Hall–Kier alpha value is -0.440. The lowest BCUT2D eigenvalue weighted by atomic mass is 10.4. The van der Waals surface area contributed by atoms with E-state index in [-0.39, 0.29) is 12.3 Å². The normalized spacial score (nSPS) is 12.3. The minimum atomic E-state index is -3.44. The molecule has 1 heterocycles. The highest BCUT2D eigenvalue weighted by atomic mass is 79.9. The van der Waals surface area contributed by atoms with Gasteiger partial charge in [0.1, 0.15) is 0 Å². The predicted molar refractivity (Wildman–Crippen MR) is 61.3 cm³/mol. The molecule has 0 saturated heterocycles. The number of aliphatic hydroxyl groups excluding tert-OH is 1.